The first-order chi connectivity index (χ1) is 15.3. The first-order valence-corrected chi connectivity index (χ1v) is 10.5. The number of anilines is 2. The largest absolute Gasteiger partial charge is 0.496 e. The molecule has 0 aliphatic heterocycles. The van der Waals surface area contributed by atoms with E-state index in [1.165, 1.54) is 25.4 Å². The zero-order valence-corrected chi connectivity index (χ0v) is 18.4. The molecule has 1 saturated carbocycles. The normalized spacial score (nSPS) is 18.2. The van der Waals surface area contributed by atoms with E-state index < -0.39 is 17.7 Å². The SMILES string of the molecule is COc1ccc(F)cc1C(=O)c1cnc(N[C@H]2CC[C@H](NC(=O)OC(C)C)CC2)nc1N. The van der Waals surface area contributed by atoms with Crippen molar-refractivity contribution < 1.29 is 23.5 Å². The van der Waals surface area contributed by atoms with E-state index in [2.05, 4.69) is 20.6 Å². The Labute approximate surface area is 185 Å². The number of rotatable bonds is 7. The Morgan fingerprint density at radius 2 is 1.84 bits per heavy atom. The van der Waals surface area contributed by atoms with Gasteiger partial charge in [0.2, 0.25) is 11.7 Å². The van der Waals surface area contributed by atoms with Gasteiger partial charge in [0.1, 0.15) is 17.4 Å². The highest BCUT2D eigenvalue weighted by atomic mass is 19.1. The number of benzene rings is 1. The first-order valence-electron chi connectivity index (χ1n) is 10.5. The Balaban J connectivity index is 1.60. The van der Waals surface area contributed by atoms with Crippen molar-refractivity contribution in [2.45, 2.75) is 57.7 Å². The molecule has 0 radical (unpaired) electrons. The summed E-state index contributed by atoms with van der Waals surface area (Å²) in [6.45, 7) is 3.61. The van der Waals surface area contributed by atoms with E-state index in [1.54, 1.807) is 13.8 Å². The molecule has 2 aromatic rings. The zero-order chi connectivity index (χ0) is 23.3. The Bertz CT molecular complexity index is 977. The van der Waals surface area contributed by atoms with Gasteiger partial charge >= 0.3 is 6.09 Å². The van der Waals surface area contributed by atoms with Gasteiger partial charge in [0.15, 0.2) is 0 Å². The number of hydrogen-bond donors (Lipinski definition) is 3. The number of nitrogens with one attached hydrogen (secondary N) is 2. The van der Waals surface area contributed by atoms with Crippen molar-refractivity contribution in [3.63, 3.8) is 0 Å². The van der Waals surface area contributed by atoms with E-state index >= 15 is 0 Å². The molecule has 1 aromatic carbocycles. The molecule has 9 nitrogen and oxygen atoms in total. The quantitative estimate of drug-likeness (QED) is 0.554. The van der Waals surface area contributed by atoms with Gasteiger partial charge in [-0.25, -0.2) is 14.2 Å². The van der Waals surface area contributed by atoms with Crippen LogP contribution in [0, 0.1) is 5.82 Å². The summed E-state index contributed by atoms with van der Waals surface area (Å²) in [6, 6.07) is 3.85. The number of ether oxygens (including phenoxy) is 2. The average molecular weight is 445 g/mol. The third-order valence-corrected chi connectivity index (χ3v) is 5.19. The molecule has 1 aliphatic rings. The fourth-order valence-electron chi connectivity index (χ4n) is 3.62. The van der Waals surface area contributed by atoms with Gasteiger partial charge in [-0.2, -0.15) is 4.98 Å². The molecule has 0 spiro atoms. The van der Waals surface area contributed by atoms with Crippen molar-refractivity contribution in [1.82, 2.24) is 15.3 Å². The van der Waals surface area contributed by atoms with Crippen molar-refractivity contribution >= 4 is 23.6 Å². The van der Waals surface area contributed by atoms with Crippen LogP contribution in [0.25, 0.3) is 0 Å². The molecule has 1 aliphatic carbocycles. The summed E-state index contributed by atoms with van der Waals surface area (Å²) in [5.74, 6) is -0.549. The highest BCUT2D eigenvalue weighted by Gasteiger charge is 2.24. The smallest absolute Gasteiger partial charge is 0.407 e. The second-order valence-corrected chi connectivity index (χ2v) is 7.96. The molecule has 3 rings (SSSR count). The molecule has 1 amide bonds. The molecule has 1 aromatic heterocycles. The molecule has 4 N–H and O–H groups in total. The predicted octanol–water partition coefficient (Wildman–Crippen LogP) is 3.30. The topological polar surface area (TPSA) is 128 Å². The molecule has 0 atom stereocenters. The number of amides is 1. The number of ketones is 1. The number of halogens is 1. The van der Waals surface area contributed by atoms with Gasteiger partial charge in [0, 0.05) is 18.3 Å². The maximum Gasteiger partial charge on any atom is 0.407 e. The van der Waals surface area contributed by atoms with E-state index in [0.717, 1.165) is 31.7 Å². The van der Waals surface area contributed by atoms with Crippen LogP contribution < -0.4 is 21.1 Å². The maximum absolute atomic E-state index is 13.6. The standard InChI is InChI=1S/C22H28FN5O4/c1-12(2)32-22(30)27-15-7-5-14(6-8-15)26-21-25-11-17(20(24)28-21)19(29)16-10-13(23)4-9-18(16)31-3/h4,9-12,14-15H,5-8H2,1-3H3,(H,27,30)(H3,24,25,26,28)/t14-,15-. The second kappa shape index (κ2) is 10.3. The van der Waals surface area contributed by atoms with Crippen molar-refractivity contribution in [3.05, 3.63) is 41.3 Å². The van der Waals surface area contributed by atoms with E-state index in [9.17, 15) is 14.0 Å². The third-order valence-electron chi connectivity index (χ3n) is 5.19. The van der Waals surface area contributed by atoms with E-state index in [0.29, 0.717) is 5.95 Å². The lowest BCUT2D eigenvalue weighted by atomic mass is 9.91. The lowest BCUT2D eigenvalue weighted by molar-refractivity contribution is 0.103. The number of alkyl carbamates (subject to hydrolysis) is 1. The lowest BCUT2D eigenvalue weighted by Gasteiger charge is -2.29. The number of nitrogen functional groups attached to an aromatic ring is 1. The Morgan fingerprint density at radius 1 is 1.16 bits per heavy atom. The molecular weight excluding hydrogens is 417 g/mol. The molecule has 0 saturated heterocycles. The van der Waals surface area contributed by atoms with Crippen molar-refractivity contribution in [2.24, 2.45) is 0 Å². The van der Waals surface area contributed by atoms with Crippen molar-refractivity contribution in [3.8, 4) is 5.75 Å². The van der Waals surface area contributed by atoms with Gasteiger partial charge in [-0.1, -0.05) is 0 Å². The predicted molar refractivity (Wildman–Crippen MR) is 117 cm³/mol. The van der Waals surface area contributed by atoms with Crippen LogP contribution in [-0.2, 0) is 4.74 Å². The number of carbonyl (C=O) groups excluding carboxylic acids is 2. The molecule has 172 valence electrons. The third kappa shape index (κ3) is 5.83. The summed E-state index contributed by atoms with van der Waals surface area (Å²) in [5, 5.41) is 6.10. The molecule has 32 heavy (non-hydrogen) atoms. The van der Waals surface area contributed by atoms with Crippen LogP contribution in [0.2, 0.25) is 0 Å². The van der Waals surface area contributed by atoms with E-state index in [4.69, 9.17) is 15.2 Å². The van der Waals surface area contributed by atoms with Crippen LogP contribution in [0.1, 0.15) is 55.5 Å². The maximum atomic E-state index is 13.6. The van der Waals surface area contributed by atoms with Crippen LogP contribution in [-0.4, -0.2) is 47.1 Å². The Morgan fingerprint density at radius 3 is 2.47 bits per heavy atom. The molecular formula is C22H28FN5O4. The summed E-state index contributed by atoms with van der Waals surface area (Å²) in [7, 11) is 1.40. The fraction of sp³-hybridized carbons (Fsp3) is 0.455. The summed E-state index contributed by atoms with van der Waals surface area (Å²) in [6.07, 6.45) is 3.95. The molecule has 1 fully saturated rings. The van der Waals surface area contributed by atoms with E-state index in [-0.39, 0.29) is 40.9 Å². The Kier molecular flexibility index (Phi) is 7.45. The van der Waals surface area contributed by atoms with Gasteiger partial charge in [0.25, 0.3) is 0 Å². The number of methoxy groups -OCH3 is 1. The number of carbonyl (C=O) groups is 2. The number of nitrogens with two attached hydrogens (primary N) is 1. The monoisotopic (exact) mass is 445 g/mol. The summed E-state index contributed by atoms with van der Waals surface area (Å²) in [5.41, 5.74) is 6.12. The number of hydrogen-bond acceptors (Lipinski definition) is 8. The molecule has 10 heteroatoms. The summed E-state index contributed by atoms with van der Waals surface area (Å²) < 4.78 is 23.9. The zero-order valence-electron chi connectivity index (χ0n) is 18.4. The van der Waals surface area contributed by atoms with Crippen LogP contribution in [0.15, 0.2) is 24.4 Å². The van der Waals surface area contributed by atoms with Crippen molar-refractivity contribution in [2.75, 3.05) is 18.2 Å². The fourth-order valence-corrected chi connectivity index (χ4v) is 3.62. The number of aromatic nitrogens is 2. The van der Waals surface area contributed by atoms with Gasteiger partial charge in [-0.05, 0) is 57.7 Å². The van der Waals surface area contributed by atoms with Gasteiger partial charge in [-0.3, -0.25) is 4.79 Å². The minimum atomic E-state index is -0.561. The van der Waals surface area contributed by atoms with Gasteiger partial charge < -0.3 is 25.8 Å². The van der Waals surface area contributed by atoms with Crippen LogP contribution in [0.3, 0.4) is 0 Å². The Hall–Kier alpha value is -3.43. The van der Waals surface area contributed by atoms with Crippen LogP contribution in [0.5, 0.6) is 5.75 Å². The van der Waals surface area contributed by atoms with Crippen LogP contribution >= 0.6 is 0 Å². The number of nitrogens with zero attached hydrogens (tertiary/aromatic N) is 2. The van der Waals surface area contributed by atoms with Crippen LogP contribution in [0.4, 0.5) is 21.0 Å². The van der Waals surface area contributed by atoms with Gasteiger partial charge in [-0.15, -0.1) is 0 Å². The highest BCUT2D eigenvalue weighted by molar-refractivity contribution is 6.13. The van der Waals surface area contributed by atoms with Gasteiger partial charge in [0.05, 0.1) is 24.3 Å². The summed E-state index contributed by atoms with van der Waals surface area (Å²) in [4.78, 5) is 33.0. The summed E-state index contributed by atoms with van der Waals surface area (Å²) >= 11 is 0. The van der Waals surface area contributed by atoms with E-state index in [1.807, 2.05) is 0 Å². The highest BCUT2D eigenvalue weighted by Crippen LogP contribution is 2.26. The molecule has 1 heterocycles. The average Bonchev–Trinajstić information content (AvgIpc) is 2.74. The van der Waals surface area contributed by atoms with Crippen molar-refractivity contribution in [1.29, 1.82) is 0 Å². The first kappa shape index (κ1) is 23.2. The molecule has 0 bridgehead atoms. The minimum Gasteiger partial charge on any atom is -0.496 e. The second-order valence-electron chi connectivity index (χ2n) is 7.96. The minimum absolute atomic E-state index is 0.00871. The lowest BCUT2D eigenvalue weighted by Crippen LogP contribution is -2.41. The molecule has 0 unspecified atom stereocenters.